The number of ether oxygens (including phenoxy) is 1. The first-order valence-corrected chi connectivity index (χ1v) is 3.98. The molecule has 0 aliphatic rings. The molecule has 0 unspecified atom stereocenters. The van der Waals surface area contributed by atoms with Gasteiger partial charge in [0.1, 0.15) is 6.61 Å². The van der Waals surface area contributed by atoms with Gasteiger partial charge in [0.15, 0.2) is 0 Å². The molecule has 14 heavy (non-hydrogen) atoms. The SMILES string of the molecule is O=C(O)OCC(=CO)c1ccccc1. The summed E-state index contributed by atoms with van der Waals surface area (Å²) in [5.41, 5.74) is 1.16. The molecular weight excluding hydrogens is 184 g/mol. The topological polar surface area (TPSA) is 66.8 Å². The van der Waals surface area contributed by atoms with Crippen molar-refractivity contribution in [3.05, 3.63) is 42.2 Å². The molecule has 0 saturated carbocycles. The average molecular weight is 194 g/mol. The van der Waals surface area contributed by atoms with Gasteiger partial charge in [-0.15, -0.1) is 0 Å². The Hall–Kier alpha value is -1.97. The van der Waals surface area contributed by atoms with Crippen molar-refractivity contribution in [1.29, 1.82) is 0 Å². The van der Waals surface area contributed by atoms with Crippen LogP contribution in [0.1, 0.15) is 5.56 Å². The van der Waals surface area contributed by atoms with Crippen LogP contribution in [0, 0.1) is 0 Å². The number of benzene rings is 1. The molecule has 0 saturated heterocycles. The molecule has 0 heterocycles. The van der Waals surface area contributed by atoms with E-state index in [1.54, 1.807) is 24.3 Å². The Bertz CT molecular complexity index is 329. The van der Waals surface area contributed by atoms with Gasteiger partial charge in [-0.2, -0.15) is 0 Å². The standard InChI is InChI=1S/C10H10O4/c11-6-9(7-14-10(12)13)8-4-2-1-3-5-8/h1-6,11H,7H2,(H,12,13). The lowest BCUT2D eigenvalue weighted by Crippen LogP contribution is -2.03. The highest BCUT2D eigenvalue weighted by Gasteiger charge is 2.04. The van der Waals surface area contributed by atoms with Crippen LogP contribution >= 0.6 is 0 Å². The third-order valence-corrected chi connectivity index (χ3v) is 1.65. The Labute approximate surface area is 81.1 Å². The predicted octanol–water partition coefficient (Wildman–Crippen LogP) is 2.28. The van der Waals surface area contributed by atoms with Crippen LogP contribution in [0.5, 0.6) is 0 Å². The lowest BCUT2D eigenvalue weighted by molar-refractivity contribution is 0.103. The van der Waals surface area contributed by atoms with Gasteiger partial charge in [-0.05, 0) is 5.56 Å². The van der Waals surface area contributed by atoms with Crippen molar-refractivity contribution in [2.75, 3.05) is 6.61 Å². The van der Waals surface area contributed by atoms with Crippen LogP contribution < -0.4 is 0 Å². The number of carboxylic acid groups (broad SMARTS) is 1. The minimum Gasteiger partial charge on any atom is -0.515 e. The van der Waals surface area contributed by atoms with Gasteiger partial charge < -0.3 is 14.9 Å². The maximum absolute atomic E-state index is 10.1. The summed E-state index contributed by atoms with van der Waals surface area (Å²) in [7, 11) is 0. The van der Waals surface area contributed by atoms with E-state index < -0.39 is 6.16 Å². The summed E-state index contributed by atoms with van der Waals surface area (Å²) in [6.07, 6.45) is -0.515. The van der Waals surface area contributed by atoms with Gasteiger partial charge in [0.25, 0.3) is 0 Å². The normalized spacial score (nSPS) is 11.0. The number of rotatable bonds is 3. The van der Waals surface area contributed by atoms with Gasteiger partial charge in [0, 0.05) is 5.57 Å². The fourth-order valence-electron chi connectivity index (χ4n) is 0.987. The van der Waals surface area contributed by atoms with Gasteiger partial charge in [-0.25, -0.2) is 4.79 Å². The highest BCUT2D eigenvalue weighted by atomic mass is 16.7. The molecule has 0 aliphatic carbocycles. The van der Waals surface area contributed by atoms with E-state index in [1.807, 2.05) is 6.07 Å². The summed E-state index contributed by atoms with van der Waals surface area (Å²) in [5.74, 6) is 0. The largest absolute Gasteiger partial charge is 0.515 e. The fraction of sp³-hybridized carbons (Fsp3) is 0.100. The Balaban J connectivity index is 2.69. The highest BCUT2D eigenvalue weighted by Crippen LogP contribution is 2.13. The van der Waals surface area contributed by atoms with E-state index in [4.69, 9.17) is 10.2 Å². The van der Waals surface area contributed by atoms with Crippen LogP contribution in [0.4, 0.5) is 4.79 Å². The maximum atomic E-state index is 10.1. The molecule has 0 atom stereocenters. The van der Waals surface area contributed by atoms with Crippen LogP contribution in [0.15, 0.2) is 36.6 Å². The van der Waals surface area contributed by atoms with E-state index in [0.717, 1.165) is 11.8 Å². The van der Waals surface area contributed by atoms with E-state index >= 15 is 0 Å². The molecule has 2 N–H and O–H groups in total. The monoisotopic (exact) mass is 194 g/mol. The third-order valence-electron chi connectivity index (χ3n) is 1.65. The van der Waals surface area contributed by atoms with Crippen molar-refractivity contribution in [3.63, 3.8) is 0 Å². The molecule has 1 aromatic carbocycles. The van der Waals surface area contributed by atoms with Crippen LogP contribution in [-0.2, 0) is 4.74 Å². The minimum atomic E-state index is -1.36. The number of hydrogen-bond acceptors (Lipinski definition) is 3. The molecule has 0 fully saturated rings. The fourth-order valence-corrected chi connectivity index (χ4v) is 0.987. The molecular formula is C10H10O4. The Morgan fingerprint density at radius 3 is 2.50 bits per heavy atom. The summed E-state index contributed by atoms with van der Waals surface area (Å²) in [4.78, 5) is 10.1. The van der Waals surface area contributed by atoms with Crippen molar-refractivity contribution in [1.82, 2.24) is 0 Å². The summed E-state index contributed by atoms with van der Waals surface area (Å²) < 4.78 is 4.34. The summed E-state index contributed by atoms with van der Waals surface area (Å²) in [6.45, 7) is -0.157. The van der Waals surface area contributed by atoms with Gasteiger partial charge in [0.05, 0.1) is 6.26 Å². The smallest absolute Gasteiger partial charge is 0.506 e. The molecule has 1 aromatic rings. The first kappa shape index (κ1) is 10.1. The first-order chi connectivity index (χ1) is 6.74. The van der Waals surface area contributed by atoms with E-state index in [1.165, 1.54) is 0 Å². The minimum absolute atomic E-state index is 0.157. The lowest BCUT2D eigenvalue weighted by atomic mass is 10.1. The molecule has 0 bridgehead atoms. The first-order valence-electron chi connectivity index (χ1n) is 3.98. The van der Waals surface area contributed by atoms with E-state index in [9.17, 15) is 4.79 Å². The van der Waals surface area contributed by atoms with Crippen molar-refractivity contribution >= 4 is 11.7 Å². The molecule has 0 spiro atoms. The Kier molecular flexibility index (Phi) is 3.55. The van der Waals surface area contributed by atoms with E-state index in [0.29, 0.717) is 5.57 Å². The number of carbonyl (C=O) groups is 1. The Morgan fingerprint density at radius 1 is 1.36 bits per heavy atom. The summed E-state index contributed by atoms with van der Waals surface area (Å²) in [6, 6.07) is 8.93. The van der Waals surface area contributed by atoms with Crippen molar-refractivity contribution in [3.8, 4) is 0 Å². The van der Waals surface area contributed by atoms with Crippen molar-refractivity contribution in [2.45, 2.75) is 0 Å². The lowest BCUT2D eigenvalue weighted by Gasteiger charge is -2.04. The van der Waals surface area contributed by atoms with Gasteiger partial charge in [-0.3, -0.25) is 0 Å². The molecule has 0 aliphatic heterocycles. The van der Waals surface area contributed by atoms with Crippen molar-refractivity contribution < 1.29 is 19.7 Å². The molecule has 0 aromatic heterocycles. The molecule has 4 heteroatoms. The Morgan fingerprint density at radius 2 is 2.00 bits per heavy atom. The zero-order valence-corrected chi connectivity index (χ0v) is 7.38. The van der Waals surface area contributed by atoms with Crippen LogP contribution in [0.2, 0.25) is 0 Å². The van der Waals surface area contributed by atoms with Gasteiger partial charge in [0.2, 0.25) is 0 Å². The van der Waals surface area contributed by atoms with Crippen LogP contribution in [-0.4, -0.2) is 23.0 Å². The second kappa shape index (κ2) is 4.91. The summed E-state index contributed by atoms with van der Waals surface area (Å²) >= 11 is 0. The van der Waals surface area contributed by atoms with E-state index in [-0.39, 0.29) is 6.61 Å². The van der Waals surface area contributed by atoms with Gasteiger partial charge >= 0.3 is 6.16 Å². The number of aliphatic hydroxyl groups excluding tert-OH is 1. The van der Waals surface area contributed by atoms with E-state index in [2.05, 4.69) is 4.74 Å². The van der Waals surface area contributed by atoms with Gasteiger partial charge in [-0.1, -0.05) is 30.3 Å². The zero-order valence-electron chi connectivity index (χ0n) is 7.38. The maximum Gasteiger partial charge on any atom is 0.506 e. The van der Waals surface area contributed by atoms with Crippen LogP contribution in [0.3, 0.4) is 0 Å². The summed E-state index contributed by atoms with van der Waals surface area (Å²) in [5, 5.41) is 17.1. The second-order valence-electron chi connectivity index (χ2n) is 2.57. The number of hydrogen-bond donors (Lipinski definition) is 2. The van der Waals surface area contributed by atoms with Crippen LogP contribution in [0.25, 0.3) is 5.57 Å². The number of aliphatic hydroxyl groups is 1. The molecule has 1 rings (SSSR count). The predicted molar refractivity (Wildman–Crippen MR) is 51.0 cm³/mol. The quantitative estimate of drug-likeness (QED) is 0.572. The molecule has 74 valence electrons. The van der Waals surface area contributed by atoms with Crippen molar-refractivity contribution in [2.24, 2.45) is 0 Å². The molecule has 0 amide bonds. The molecule has 0 radical (unpaired) electrons. The highest BCUT2D eigenvalue weighted by molar-refractivity contribution is 5.67. The zero-order chi connectivity index (χ0) is 10.4. The second-order valence-corrected chi connectivity index (χ2v) is 2.57. The molecule has 4 nitrogen and oxygen atoms in total. The third kappa shape index (κ3) is 2.82. The average Bonchev–Trinajstić information content (AvgIpc) is 2.20.